The van der Waals surface area contributed by atoms with Crippen LogP contribution in [0.4, 0.5) is 0 Å². The van der Waals surface area contributed by atoms with Gasteiger partial charge in [0.2, 0.25) is 22.7 Å². The molecule has 11 nitrogen and oxygen atoms in total. The predicted octanol–water partition coefficient (Wildman–Crippen LogP) is 3.04. The number of hydrazine groups is 1. The van der Waals surface area contributed by atoms with E-state index in [1.54, 1.807) is 6.07 Å². The quantitative estimate of drug-likeness (QED) is 0.305. The van der Waals surface area contributed by atoms with Gasteiger partial charge in [0, 0.05) is 25.6 Å². The second-order valence-corrected chi connectivity index (χ2v) is 14.4. The Hall–Kier alpha value is -3.19. The highest BCUT2D eigenvalue weighted by molar-refractivity contribution is 7.89. The molecular weight excluding hydrogens is 584 g/mol. The van der Waals surface area contributed by atoms with Crippen molar-refractivity contribution in [1.29, 1.82) is 0 Å². The average Bonchev–Trinajstić information content (AvgIpc) is 3.66. The van der Waals surface area contributed by atoms with Crippen LogP contribution in [0.5, 0.6) is 11.5 Å². The number of rotatable bonds is 14. The maximum absolute atomic E-state index is 14.0. The minimum atomic E-state index is -4.08. The van der Waals surface area contributed by atoms with Crippen molar-refractivity contribution in [3.63, 3.8) is 0 Å². The van der Waals surface area contributed by atoms with Gasteiger partial charge in [-0.05, 0) is 61.9 Å². The molecule has 0 saturated carbocycles. The van der Waals surface area contributed by atoms with Crippen molar-refractivity contribution in [3.8, 4) is 11.5 Å². The Kier molecular flexibility index (Phi) is 11.6. The molecule has 1 saturated heterocycles. The molecular formula is C32H46N4O7S. The minimum Gasteiger partial charge on any atom is -0.454 e. The molecule has 2 aliphatic rings. The molecule has 242 valence electrons. The molecule has 2 amide bonds. The third kappa shape index (κ3) is 8.93. The van der Waals surface area contributed by atoms with Gasteiger partial charge in [-0.1, -0.05) is 58.0 Å². The maximum Gasteiger partial charge on any atom is 0.252 e. The molecule has 2 aromatic rings. The fourth-order valence-corrected chi connectivity index (χ4v) is 7.18. The first-order valence-corrected chi connectivity index (χ1v) is 16.8. The van der Waals surface area contributed by atoms with E-state index < -0.39 is 22.2 Å². The molecule has 0 aromatic heterocycles. The number of carbonyl (C=O) groups excluding carboxylic acids is 2. The van der Waals surface area contributed by atoms with Gasteiger partial charge in [0.25, 0.3) is 5.91 Å². The molecule has 12 heteroatoms. The van der Waals surface area contributed by atoms with E-state index in [2.05, 4.69) is 5.43 Å². The number of benzene rings is 2. The lowest BCUT2D eigenvalue weighted by molar-refractivity contribution is -0.148. The van der Waals surface area contributed by atoms with Gasteiger partial charge in [0.15, 0.2) is 11.5 Å². The van der Waals surface area contributed by atoms with Crippen LogP contribution in [0.1, 0.15) is 52.5 Å². The Morgan fingerprint density at radius 2 is 1.64 bits per heavy atom. The first-order chi connectivity index (χ1) is 20.9. The van der Waals surface area contributed by atoms with E-state index in [1.165, 1.54) is 21.4 Å². The Balaban J connectivity index is 1.66. The number of sulfonamides is 1. The summed E-state index contributed by atoms with van der Waals surface area (Å²) in [5.41, 5.74) is 3.64. The SMILES string of the molecule is CC(C)CC(=O)N(NC(=O)CN1CCCC1)C(Cc1ccccc1)[C@H](O)CN(CC(C)C)S(=O)(=O)c1ccc2c(c1)OCO2. The number of amides is 2. The van der Waals surface area contributed by atoms with E-state index in [1.807, 2.05) is 62.9 Å². The van der Waals surface area contributed by atoms with Crippen molar-refractivity contribution in [2.45, 2.75) is 70.4 Å². The van der Waals surface area contributed by atoms with Crippen LogP contribution < -0.4 is 14.9 Å². The van der Waals surface area contributed by atoms with Crippen molar-refractivity contribution in [2.24, 2.45) is 11.8 Å². The molecule has 2 aromatic carbocycles. The number of likely N-dealkylation sites (tertiary alicyclic amines) is 1. The van der Waals surface area contributed by atoms with Crippen molar-refractivity contribution in [2.75, 3.05) is 39.5 Å². The molecule has 0 radical (unpaired) electrons. The molecule has 4 rings (SSSR count). The molecule has 1 fully saturated rings. The van der Waals surface area contributed by atoms with Crippen molar-refractivity contribution >= 4 is 21.8 Å². The first kappa shape index (κ1) is 33.7. The summed E-state index contributed by atoms with van der Waals surface area (Å²) in [5, 5.41) is 13.1. The number of carbonyl (C=O) groups is 2. The normalized spacial score (nSPS) is 16.5. The van der Waals surface area contributed by atoms with E-state index in [0.717, 1.165) is 31.5 Å². The number of hydrogen-bond acceptors (Lipinski definition) is 8. The molecule has 0 aliphatic carbocycles. The summed E-state index contributed by atoms with van der Waals surface area (Å²) in [6, 6.07) is 12.9. The van der Waals surface area contributed by atoms with Gasteiger partial charge in [-0.15, -0.1) is 0 Å². The zero-order valence-corrected chi connectivity index (χ0v) is 27.0. The topological polar surface area (TPSA) is 129 Å². The Bertz CT molecular complexity index is 1360. The highest BCUT2D eigenvalue weighted by atomic mass is 32.2. The molecule has 0 spiro atoms. The van der Waals surface area contributed by atoms with Crippen LogP contribution in [0.3, 0.4) is 0 Å². The summed E-state index contributed by atoms with van der Waals surface area (Å²) in [5.74, 6) is 0.0526. The van der Waals surface area contributed by atoms with Crippen LogP contribution in [0.2, 0.25) is 0 Å². The number of nitrogens with zero attached hydrogens (tertiary/aromatic N) is 3. The third-order valence-electron chi connectivity index (χ3n) is 7.67. The van der Waals surface area contributed by atoms with Crippen molar-refractivity contribution in [1.82, 2.24) is 19.6 Å². The number of hydrogen-bond donors (Lipinski definition) is 2. The summed E-state index contributed by atoms with van der Waals surface area (Å²) in [6.45, 7) is 9.22. The summed E-state index contributed by atoms with van der Waals surface area (Å²) in [7, 11) is -4.08. The van der Waals surface area contributed by atoms with E-state index in [-0.39, 0.29) is 67.8 Å². The summed E-state index contributed by atoms with van der Waals surface area (Å²) >= 11 is 0. The molecule has 0 bridgehead atoms. The molecule has 1 unspecified atom stereocenters. The van der Waals surface area contributed by atoms with E-state index in [4.69, 9.17) is 9.47 Å². The van der Waals surface area contributed by atoms with Crippen LogP contribution in [0, 0.1) is 11.8 Å². The standard InChI is InChI=1S/C32H46N4O7S/c1-23(2)16-32(39)36(33-31(38)21-34-14-8-9-15-34)27(17-25-10-6-5-7-11-25)28(37)20-35(19-24(3)4)44(40,41)26-12-13-29-30(18-26)43-22-42-29/h5-7,10-13,18,23-24,27-28,37H,8-9,14-17,19-22H2,1-4H3,(H,33,38)/t27?,28-/m1/s1. The van der Waals surface area contributed by atoms with Gasteiger partial charge in [0.1, 0.15) is 0 Å². The van der Waals surface area contributed by atoms with E-state index in [0.29, 0.717) is 11.5 Å². The number of ether oxygens (including phenoxy) is 2. The predicted molar refractivity (Wildman–Crippen MR) is 166 cm³/mol. The Morgan fingerprint density at radius 1 is 0.955 bits per heavy atom. The molecule has 2 aliphatic heterocycles. The van der Waals surface area contributed by atoms with Gasteiger partial charge >= 0.3 is 0 Å². The highest BCUT2D eigenvalue weighted by Gasteiger charge is 2.36. The molecule has 2 N–H and O–H groups in total. The van der Waals surface area contributed by atoms with Crippen LogP contribution >= 0.6 is 0 Å². The first-order valence-electron chi connectivity index (χ1n) is 15.4. The van der Waals surface area contributed by atoms with Crippen molar-refractivity contribution in [3.05, 3.63) is 54.1 Å². The van der Waals surface area contributed by atoms with Gasteiger partial charge < -0.3 is 14.6 Å². The van der Waals surface area contributed by atoms with Crippen LogP contribution in [0.15, 0.2) is 53.4 Å². The van der Waals surface area contributed by atoms with Gasteiger partial charge in [0.05, 0.1) is 23.6 Å². The minimum absolute atomic E-state index is 0.00109. The van der Waals surface area contributed by atoms with Crippen LogP contribution in [-0.4, -0.2) is 91.2 Å². The van der Waals surface area contributed by atoms with Gasteiger partial charge in [-0.3, -0.25) is 19.9 Å². The number of nitrogens with one attached hydrogen (secondary N) is 1. The monoisotopic (exact) mass is 630 g/mol. The highest BCUT2D eigenvalue weighted by Crippen LogP contribution is 2.35. The second kappa shape index (κ2) is 15.2. The summed E-state index contributed by atoms with van der Waals surface area (Å²) < 4.78 is 39.9. The smallest absolute Gasteiger partial charge is 0.252 e. The lowest BCUT2D eigenvalue weighted by Gasteiger charge is -2.37. The molecule has 44 heavy (non-hydrogen) atoms. The molecule has 2 heterocycles. The van der Waals surface area contributed by atoms with E-state index >= 15 is 0 Å². The van der Waals surface area contributed by atoms with Crippen LogP contribution in [-0.2, 0) is 26.0 Å². The lowest BCUT2D eigenvalue weighted by Crippen LogP contribution is -2.60. The number of aliphatic hydroxyl groups excluding tert-OH is 1. The fourth-order valence-electron chi connectivity index (χ4n) is 5.54. The average molecular weight is 631 g/mol. The van der Waals surface area contributed by atoms with Gasteiger partial charge in [-0.25, -0.2) is 13.4 Å². The lowest BCUT2D eigenvalue weighted by atomic mass is 9.99. The molecule has 2 atom stereocenters. The fraction of sp³-hybridized carbons (Fsp3) is 0.562. The van der Waals surface area contributed by atoms with Crippen molar-refractivity contribution < 1.29 is 32.6 Å². The Labute approximate surface area is 261 Å². The second-order valence-electron chi connectivity index (χ2n) is 12.4. The number of aliphatic hydroxyl groups is 1. The maximum atomic E-state index is 14.0. The zero-order valence-electron chi connectivity index (χ0n) is 26.1. The van der Waals surface area contributed by atoms with Gasteiger partial charge in [-0.2, -0.15) is 4.31 Å². The van der Waals surface area contributed by atoms with Crippen LogP contribution in [0.25, 0.3) is 0 Å². The van der Waals surface area contributed by atoms with E-state index in [9.17, 15) is 23.1 Å². The summed E-state index contributed by atoms with van der Waals surface area (Å²) in [4.78, 5) is 29.0. The third-order valence-corrected chi connectivity index (χ3v) is 9.49. The zero-order chi connectivity index (χ0) is 31.9. The number of fused-ring (bicyclic) bond motifs is 1. The Morgan fingerprint density at radius 3 is 2.30 bits per heavy atom. The largest absolute Gasteiger partial charge is 0.454 e. The summed E-state index contributed by atoms with van der Waals surface area (Å²) in [6.07, 6.45) is 1.05.